The number of allylic oxidation sites excluding steroid dienone is 1. The Morgan fingerprint density at radius 2 is 2.38 bits per heavy atom. The predicted molar refractivity (Wildman–Crippen MR) is 60.0 cm³/mol. The molecule has 0 radical (unpaired) electrons. The van der Waals surface area contributed by atoms with Crippen LogP contribution in [0, 0.1) is 5.92 Å². The molecular weight excluding hydrogens is 180 g/mol. The van der Waals surface area contributed by atoms with E-state index in [9.17, 15) is 0 Å². The Bertz CT molecular complexity index is 155. The quantitative estimate of drug-likeness (QED) is 0.496. The average molecular weight is 200 g/mol. The van der Waals surface area contributed by atoms with Crippen molar-refractivity contribution in [1.82, 2.24) is 0 Å². The molecule has 13 heavy (non-hydrogen) atoms. The highest BCUT2D eigenvalue weighted by atomic mass is 32.2. The molecule has 0 aromatic carbocycles. The summed E-state index contributed by atoms with van der Waals surface area (Å²) >= 11 is 2.10. The van der Waals surface area contributed by atoms with E-state index in [0.717, 1.165) is 12.5 Å². The van der Waals surface area contributed by atoms with Gasteiger partial charge in [-0.2, -0.15) is 11.8 Å². The van der Waals surface area contributed by atoms with Gasteiger partial charge >= 0.3 is 0 Å². The van der Waals surface area contributed by atoms with Crippen molar-refractivity contribution in [3.05, 3.63) is 11.8 Å². The molecule has 1 nitrogen and oxygen atoms in total. The number of hydrogen-bond donors (Lipinski definition) is 0. The van der Waals surface area contributed by atoms with Crippen LogP contribution in [0.2, 0.25) is 0 Å². The van der Waals surface area contributed by atoms with Gasteiger partial charge in [0.2, 0.25) is 0 Å². The summed E-state index contributed by atoms with van der Waals surface area (Å²) in [5.74, 6) is 3.72. The highest BCUT2D eigenvalue weighted by Gasteiger charge is 2.14. The van der Waals surface area contributed by atoms with Crippen molar-refractivity contribution in [1.29, 1.82) is 0 Å². The van der Waals surface area contributed by atoms with Crippen LogP contribution in [0.25, 0.3) is 0 Å². The van der Waals surface area contributed by atoms with Gasteiger partial charge in [0.25, 0.3) is 0 Å². The van der Waals surface area contributed by atoms with E-state index in [1.807, 2.05) is 6.26 Å². The van der Waals surface area contributed by atoms with Crippen LogP contribution in [-0.2, 0) is 4.74 Å². The van der Waals surface area contributed by atoms with Crippen molar-refractivity contribution >= 4 is 11.8 Å². The molecular formula is C11H20OS. The van der Waals surface area contributed by atoms with Gasteiger partial charge in [-0.3, -0.25) is 0 Å². The van der Waals surface area contributed by atoms with Crippen molar-refractivity contribution in [3.8, 4) is 0 Å². The lowest BCUT2D eigenvalue weighted by atomic mass is 10.0. The highest BCUT2D eigenvalue weighted by Crippen LogP contribution is 2.26. The summed E-state index contributed by atoms with van der Waals surface area (Å²) in [7, 11) is 0. The van der Waals surface area contributed by atoms with Crippen LogP contribution in [0.15, 0.2) is 11.8 Å². The summed E-state index contributed by atoms with van der Waals surface area (Å²) in [6.07, 6.45) is 5.86. The molecule has 1 unspecified atom stereocenters. The topological polar surface area (TPSA) is 9.23 Å². The molecule has 76 valence electrons. The first-order chi connectivity index (χ1) is 6.29. The van der Waals surface area contributed by atoms with E-state index < -0.39 is 0 Å². The minimum Gasteiger partial charge on any atom is -0.501 e. The van der Waals surface area contributed by atoms with E-state index in [1.165, 1.54) is 36.3 Å². The van der Waals surface area contributed by atoms with Gasteiger partial charge in [-0.25, -0.2) is 0 Å². The maximum Gasteiger partial charge on any atom is 0.0873 e. The summed E-state index contributed by atoms with van der Waals surface area (Å²) in [5.41, 5.74) is 1.25. The molecule has 0 N–H and O–H groups in total. The van der Waals surface area contributed by atoms with Crippen LogP contribution in [0.1, 0.15) is 33.1 Å². The van der Waals surface area contributed by atoms with Gasteiger partial charge in [-0.15, -0.1) is 0 Å². The molecule has 2 heteroatoms. The zero-order chi connectivity index (χ0) is 9.52. The molecule has 0 aromatic rings. The second-order valence-corrected chi connectivity index (χ2v) is 5.09. The molecule has 1 heterocycles. The van der Waals surface area contributed by atoms with Crippen molar-refractivity contribution in [2.75, 3.05) is 18.1 Å². The Labute approximate surface area is 85.9 Å². The fourth-order valence-corrected chi connectivity index (χ4v) is 2.83. The third kappa shape index (κ3) is 5.25. The summed E-state index contributed by atoms with van der Waals surface area (Å²) in [6, 6.07) is 0. The summed E-state index contributed by atoms with van der Waals surface area (Å²) in [6.45, 7) is 5.02. The molecule has 1 aliphatic heterocycles. The second-order valence-electron chi connectivity index (χ2n) is 3.94. The van der Waals surface area contributed by atoms with E-state index in [1.54, 1.807) is 0 Å². The van der Waals surface area contributed by atoms with Crippen LogP contribution in [-0.4, -0.2) is 18.1 Å². The monoisotopic (exact) mass is 200 g/mol. The minimum absolute atomic E-state index is 0.895. The fourth-order valence-electron chi connectivity index (χ4n) is 1.49. The Morgan fingerprint density at radius 3 is 3.00 bits per heavy atom. The highest BCUT2D eigenvalue weighted by molar-refractivity contribution is 7.99. The van der Waals surface area contributed by atoms with Gasteiger partial charge in [-0.1, -0.05) is 0 Å². The lowest BCUT2D eigenvalue weighted by molar-refractivity contribution is 0.232. The van der Waals surface area contributed by atoms with Gasteiger partial charge in [0, 0.05) is 0 Å². The lowest BCUT2D eigenvalue weighted by Crippen LogP contribution is -1.99. The molecule has 0 amide bonds. The van der Waals surface area contributed by atoms with Gasteiger partial charge in [0.15, 0.2) is 0 Å². The molecule has 0 bridgehead atoms. The van der Waals surface area contributed by atoms with E-state index in [2.05, 4.69) is 25.6 Å². The van der Waals surface area contributed by atoms with Crippen LogP contribution in [0.4, 0.5) is 0 Å². The summed E-state index contributed by atoms with van der Waals surface area (Å²) in [4.78, 5) is 0. The maximum absolute atomic E-state index is 5.39. The fraction of sp³-hybridized carbons (Fsp3) is 0.818. The molecule has 1 rings (SSSR count). The standard InChI is InChI=1S/C11H20OS/c1-10(2)8-12-6-3-4-11-5-7-13-9-11/h8,11H,3-7,9H2,1-2H3. The van der Waals surface area contributed by atoms with Crippen LogP contribution in [0.5, 0.6) is 0 Å². The molecule has 0 spiro atoms. The van der Waals surface area contributed by atoms with Gasteiger partial charge in [0.1, 0.15) is 0 Å². The van der Waals surface area contributed by atoms with E-state index in [-0.39, 0.29) is 0 Å². The zero-order valence-corrected chi connectivity index (χ0v) is 9.53. The maximum atomic E-state index is 5.39. The second kappa shape index (κ2) is 6.36. The van der Waals surface area contributed by atoms with E-state index in [4.69, 9.17) is 4.74 Å². The van der Waals surface area contributed by atoms with Crippen molar-refractivity contribution in [2.45, 2.75) is 33.1 Å². The third-order valence-corrected chi connectivity index (χ3v) is 3.45. The number of hydrogen-bond acceptors (Lipinski definition) is 2. The predicted octanol–water partition coefficient (Wildman–Crippen LogP) is 3.46. The van der Waals surface area contributed by atoms with Crippen molar-refractivity contribution in [3.63, 3.8) is 0 Å². The Kier molecular flexibility index (Phi) is 5.37. The third-order valence-electron chi connectivity index (χ3n) is 2.22. The Balaban J connectivity index is 1.91. The molecule has 0 aliphatic carbocycles. The summed E-state index contributed by atoms with van der Waals surface area (Å²) < 4.78 is 5.39. The molecule has 1 saturated heterocycles. The molecule has 0 aromatic heterocycles. The summed E-state index contributed by atoms with van der Waals surface area (Å²) in [5, 5.41) is 0. The Hall–Kier alpha value is -0.110. The minimum atomic E-state index is 0.895. The van der Waals surface area contributed by atoms with Crippen LogP contribution >= 0.6 is 11.8 Å². The lowest BCUT2D eigenvalue weighted by Gasteiger charge is -2.07. The first kappa shape index (κ1) is 11.0. The number of ether oxygens (including phenoxy) is 1. The molecule has 1 fully saturated rings. The number of rotatable bonds is 5. The van der Waals surface area contributed by atoms with Crippen LogP contribution < -0.4 is 0 Å². The first-order valence-electron chi connectivity index (χ1n) is 5.12. The number of thioether (sulfide) groups is 1. The average Bonchev–Trinajstić information content (AvgIpc) is 2.55. The van der Waals surface area contributed by atoms with Crippen molar-refractivity contribution < 1.29 is 4.74 Å². The molecule has 0 saturated carbocycles. The van der Waals surface area contributed by atoms with Gasteiger partial charge in [0.05, 0.1) is 12.9 Å². The molecule has 1 atom stereocenters. The Morgan fingerprint density at radius 1 is 1.54 bits per heavy atom. The smallest absolute Gasteiger partial charge is 0.0873 e. The molecule has 1 aliphatic rings. The van der Waals surface area contributed by atoms with Gasteiger partial charge in [-0.05, 0) is 56.1 Å². The SMILES string of the molecule is CC(C)=COCCCC1CCSC1. The first-order valence-corrected chi connectivity index (χ1v) is 6.27. The zero-order valence-electron chi connectivity index (χ0n) is 8.71. The largest absolute Gasteiger partial charge is 0.501 e. The van der Waals surface area contributed by atoms with Gasteiger partial charge < -0.3 is 4.74 Å². The van der Waals surface area contributed by atoms with Crippen molar-refractivity contribution in [2.24, 2.45) is 5.92 Å². The van der Waals surface area contributed by atoms with Crippen LogP contribution in [0.3, 0.4) is 0 Å². The normalized spacial score (nSPS) is 21.5. The van der Waals surface area contributed by atoms with E-state index >= 15 is 0 Å². The van der Waals surface area contributed by atoms with E-state index in [0.29, 0.717) is 0 Å².